The van der Waals surface area contributed by atoms with Crippen molar-refractivity contribution in [3.63, 3.8) is 0 Å². The highest BCUT2D eigenvalue weighted by Crippen LogP contribution is 2.35. The molecule has 0 saturated heterocycles. The van der Waals surface area contributed by atoms with E-state index in [2.05, 4.69) is 36.1 Å². The Morgan fingerprint density at radius 2 is 2.22 bits per heavy atom. The van der Waals surface area contributed by atoms with Crippen LogP contribution in [0.3, 0.4) is 0 Å². The molecule has 0 fully saturated rings. The number of nitrogens with zero attached hydrogens (tertiary/aromatic N) is 1. The number of carbonyl (C=O) groups is 1. The summed E-state index contributed by atoms with van der Waals surface area (Å²) >= 11 is 0. The molecule has 18 heavy (non-hydrogen) atoms. The van der Waals surface area contributed by atoms with Gasteiger partial charge in [-0.25, -0.2) is 0 Å². The van der Waals surface area contributed by atoms with Gasteiger partial charge in [0.2, 0.25) is 0 Å². The molecular formula is C15H21NO2. The van der Waals surface area contributed by atoms with E-state index in [0.717, 1.165) is 19.5 Å². The van der Waals surface area contributed by atoms with Crippen LogP contribution in [-0.2, 0) is 11.2 Å². The first-order valence-electron chi connectivity index (χ1n) is 6.65. The summed E-state index contributed by atoms with van der Waals surface area (Å²) in [5.41, 5.74) is 2.89. The van der Waals surface area contributed by atoms with E-state index >= 15 is 0 Å². The Morgan fingerprint density at radius 3 is 2.83 bits per heavy atom. The molecule has 0 saturated carbocycles. The van der Waals surface area contributed by atoms with Gasteiger partial charge in [-0.1, -0.05) is 31.2 Å². The van der Waals surface area contributed by atoms with Crippen LogP contribution in [0.1, 0.15) is 37.3 Å². The second-order valence-electron chi connectivity index (χ2n) is 5.13. The van der Waals surface area contributed by atoms with E-state index in [1.165, 1.54) is 11.1 Å². The van der Waals surface area contributed by atoms with Crippen molar-refractivity contribution in [1.82, 2.24) is 4.90 Å². The summed E-state index contributed by atoms with van der Waals surface area (Å²) in [6.45, 7) is 5.99. The Bertz CT molecular complexity index is 430. The second kappa shape index (κ2) is 5.53. The van der Waals surface area contributed by atoms with Gasteiger partial charge in [0.25, 0.3) is 0 Å². The molecule has 98 valence electrons. The Labute approximate surface area is 108 Å². The van der Waals surface area contributed by atoms with Gasteiger partial charge in [-0.3, -0.25) is 9.69 Å². The average molecular weight is 247 g/mol. The Kier molecular flexibility index (Phi) is 4.02. The van der Waals surface area contributed by atoms with E-state index in [1.807, 2.05) is 6.92 Å². The highest BCUT2D eigenvalue weighted by molar-refractivity contribution is 5.67. The van der Waals surface area contributed by atoms with Gasteiger partial charge in [-0.15, -0.1) is 0 Å². The van der Waals surface area contributed by atoms with Crippen molar-refractivity contribution in [3.8, 4) is 0 Å². The van der Waals surface area contributed by atoms with E-state index in [-0.39, 0.29) is 12.5 Å². The lowest BCUT2D eigenvalue weighted by Gasteiger charge is -2.36. The fraction of sp³-hybridized carbons (Fsp3) is 0.533. The van der Waals surface area contributed by atoms with Gasteiger partial charge < -0.3 is 5.11 Å². The molecule has 1 N–H and O–H groups in total. The van der Waals surface area contributed by atoms with E-state index in [9.17, 15) is 4.79 Å². The molecule has 1 aromatic carbocycles. The Morgan fingerprint density at radius 1 is 1.50 bits per heavy atom. The SMILES string of the molecule is CCN(CC1Cc2ccccc21)C(C)CC(=O)O. The van der Waals surface area contributed by atoms with Crippen molar-refractivity contribution in [3.05, 3.63) is 35.4 Å². The molecule has 1 aliphatic rings. The zero-order valence-corrected chi connectivity index (χ0v) is 11.1. The molecule has 0 bridgehead atoms. The van der Waals surface area contributed by atoms with Gasteiger partial charge in [-0.2, -0.15) is 0 Å². The Balaban J connectivity index is 1.95. The molecule has 2 unspecified atom stereocenters. The quantitative estimate of drug-likeness (QED) is 0.839. The molecule has 0 aromatic heterocycles. The third-order valence-corrected chi connectivity index (χ3v) is 3.92. The number of benzene rings is 1. The van der Waals surface area contributed by atoms with Gasteiger partial charge in [0.1, 0.15) is 0 Å². The highest BCUT2D eigenvalue weighted by atomic mass is 16.4. The maximum Gasteiger partial charge on any atom is 0.304 e. The standard InChI is InChI=1S/C15H21NO2/c1-3-16(11(2)8-15(17)18)10-13-9-12-6-4-5-7-14(12)13/h4-7,11,13H,3,8-10H2,1-2H3,(H,17,18). The first kappa shape index (κ1) is 13.1. The summed E-state index contributed by atoms with van der Waals surface area (Å²) in [7, 11) is 0. The van der Waals surface area contributed by atoms with Crippen molar-refractivity contribution in [2.45, 2.75) is 38.6 Å². The van der Waals surface area contributed by atoms with E-state index in [4.69, 9.17) is 5.11 Å². The minimum absolute atomic E-state index is 0.111. The Hall–Kier alpha value is -1.35. The van der Waals surface area contributed by atoms with E-state index < -0.39 is 5.97 Å². The summed E-state index contributed by atoms with van der Waals surface area (Å²) in [5, 5.41) is 8.86. The van der Waals surface area contributed by atoms with Crippen molar-refractivity contribution < 1.29 is 9.90 Å². The maximum absolute atomic E-state index is 10.8. The molecule has 3 heteroatoms. The average Bonchev–Trinajstić information content (AvgIpc) is 2.29. The van der Waals surface area contributed by atoms with Crippen molar-refractivity contribution in [2.24, 2.45) is 0 Å². The number of fused-ring (bicyclic) bond motifs is 1. The molecule has 0 amide bonds. The largest absolute Gasteiger partial charge is 0.481 e. The van der Waals surface area contributed by atoms with Gasteiger partial charge >= 0.3 is 5.97 Å². The van der Waals surface area contributed by atoms with Crippen LogP contribution in [0.2, 0.25) is 0 Å². The summed E-state index contributed by atoms with van der Waals surface area (Å²) in [4.78, 5) is 13.0. The maximum atomic E-state index is 10.8. The van der Waals surface area contributed by atoms with Crippen LogP contribution in [0, 0.1) is 0 Å². The molecule has 1 aliphatic carbocycles. The van der Waals surface area contributed by atoms with Crippen molar-refractivity contribution in [1.29, 1.82) is 0 Å². The van der Waals surface area contributed by atoms with Crippen LogP contribution in [0.15, 0.2) is 24.3 Å². The van der Waals surface area contributed by atoms with E-state index in [1.54, 1.807) is 0 Å². The summed E-state index contributed by atoms with van der Waals surface area (Å²) in [5.74, 6) is -0.132. The molecule has 2 atom stereocenters. The van der Waals surface area contributed by atoms with Crippen LogP contribution in [-0.4, -0.2) is 35.1 Å². The van der Waals surface area contributed by atoms with Crippen LogP contribution in [0.5, 0.6) is 0 Å². The molecule has 0 spiro atoms. The number of rotatable bonds is 6. The number of carboxylic acid groups (broad SMARTS) is 1. The lowest BCUT2D eigenvalue weighted by atomic mass is 9.77. The predicted octanol–water partition coefficient (Wildman–Crippen LogP) is 2.51. The van der Waals surface area contributed by atoms with Crippen LogP contribution in [0.4, 0.5) is 0 Å². The lowest BCUT2D eigenvalue weighted by Crippen LogP contribution is -2.40. The fourth-order valence-electron chi connectivity index (χ4n) is 2.81. The van der Waals surface area contributed by atoms with Crippen molar-refractivity contribution >= 4 is 5.97 Å². The zero-order chi connectivity index (χ0) is 13.1. The van der Waals surface area contributed by atoms with Crippen LogP contribution in [0.25, 0.3) is 0 Å². The normalized spacial score (nSPS) is 19.2. The summed E-state index contributed by atoms with van der Waals surface area (Å²) in [6.07, 6.45) is 1.36. The minimum atomic E-state index is -0.713. The van der Waals surface area contributed by atoms with Gasteiger partial charge in [0.15, 0.2) is 0 Å². The third kappa shape index (κ3) is 2.72. The number of aliphatic carboxylic acids is 1. The zero-order valence-electron chi connectivity index (χ0n) is 11.1. The smallest absolute Gasteiger partial charge is 0.304 e. The van der Waals surface area contributed by atoms with Gasteiger partial charge in [0, 0.05) is 18.5 Å². The first-order valence-corrected chi connectivity index (χ1v) is 6.65. The molecule has 0 aliphatic heterocycles. The highest BCUT2D eigenvalue weighted by Gasteiger charge is 2.28. The van der Waals surface area contributed by atoms with E-state index in [0.29, 0.717) is 5.92 Å². The van der Waals surface area contributed by atoms with Crippen molar-refractivity contribution in [2.75, 3.05) is 13.1 Å². The summed E-state index contributed by atoms with van der Waals surface area (Å²) < 4.78 is 0. The van der Waals surface area contributed by atoms with Crippen LogP contribution < -0.4 is 0 Å². The summed E-state index contributed by atoms with van der Waals surface area (Å²) in [6, 6.07) is 8.66. The van der Waals surface area contributed by atoms with Gasteiger partial charge in [-0.05, 0) is 31.0 Å². The number of likely N-dealkylation sites (N-methyl/N-ethyl adjacent to an activating group) is 1. The lowest BCUT2D eigenvalue weighted by molar-refractivity contribution is -0.138. The topological polar surface area (TPSA) is 40.5 Å². The van der Waals surface area contributed by atoms with Crippen LogP contribution >= 0.6 is 0 Å². The fourth-order valence-corrected chi connectivity index (χ4v) is 2.81. The number of hydrogen-bond acceptors (Lipinski definition) is 2. The number of carboxylic acids is 1. The molecule has 1 aromatic rings. The third-order valence-electron chi connectivity index (χ3n) is 3.92. The van der Waals surface area contributed by atoms with Gasteiger partial charge in [0.05, 0.1) is 6.42 Å². The molecule has 3 nitrogen and oxygen atoms in total. The molecule has 0 heterocycles. The first-order chi connectivity index (χ1) is 8.61. The second-order valence-corrected chi connectivity index (χ2v) is 5.13. The molecular weight excluding hydrogens is 226 g/mol. The molecule has 2 rings (SSSR count). The molecule has 0 radical (unpaired) electrons. The minimum Gasteiger partial charge on any atom is -0.481 e. The number of hydrogen-bond donors (Lipinski definition) is 1. The predicted molar refractivity (Wildman–Crippen MR) is 71.8 cm³/mol. The monoisotopic (exact) mass is 247 g/mol.